The summed E-state index contributed by atoms with van der Waals surface area (Å²) < 4.78 is 3.23. The summed E-state index contributed by atoms with van der Waals surface area (Å²) in [6.07, 6.45) is 1.75. The lowest BCUT2D eigenvalue weighted by Crippen LogP contribution is -2.22. The van der Waals surface area contributed by atoms with E-state index in [1.165, 1.54) is 0 Å². The van der Waals surface area contributed by atoms with Crippen molar-refractivity contribution in [1.29, 1.82) is 0 Å². The molecule has 0 spiro atoms. The van der Waals surface area contributed by atoms with Gasteiger partial charge < -0.3 is 0 Å². The van der Waals surface area contributed by atoms with Crippen LogP contribution in [-0.2, 0) is 0 Å². The molecule has 164 valence electrons. The molecule has 0 amide bonds. The second kappa shape index (κ2) is 7.74. The standard InChI is InChI=1S/C27H20N6O/c1-17-9-8-10-19(15-17)16-28-33-25-23(24-26(33)31-22-14-7-6-13-21(22)30-24)27(34)32(18(2)29-25)20-11-4-3-5-12-20/h3-16H,1-2H3/b28-16+. The lowest BCUT2D eigenvalue weighted by atomic mass is 10.2. The highest BCUT2D eigenvalue weighted by Gasteiger charge is 2.21. The molecule has 3 aromatic carbocycles. The fraction of sp³-hybridized carbons (Fsp3) is 0.0741. The molecule has 34 heavy (non-hydrogen) atoms. The van der Waals surface area contributed by atoms with E-state index in [0.717, 1.165) is 22.3 Å². The van der Waals surface area contributed by atoms with Gasteiger partial charge in [-0.3, -0.25) is 9.36 Å². The first-order chi connectivity index (χ1) is 16.6. The van der Waals surface area contributed by atoms with Crippen molar-refractivity contribution >= 4 is 39.4 Å². The van der Waals surface area contributed by atoms with Gasteiger partial charge in [-0.2, -0.15) is 9.78 Å². The molecule has 0 aliphatic rings. The number of benzene rings is 3. The van der Waals surface area contributed by atoms with Gasteiger partial charge in [-0.1, -0.05) is 60.2 Å². The predicted molar refractivity (Wildman–Crippen MR) is 135 cm³/mol. The van der Waals surface area contributed by atoms with Crippen LogP contribution in [0.2, 0.25) is 0 Å². The fourth-order valence-corrected chi connectivity index (χ4v) is 4.25. The second-order valence-electron chi connectivity index (χ2n) is 8.19. The monoisotopic (exact) mass is 444 g/mol. The van der Waals surface area contributed by atoms with Crippen molar-refractivity contribution in [3.63, 3.8) is 0 Å². The Morgan fingerprint density at radius 1 is 0.794 bits per heavy atom. The minimum Gasteiger partial charge on any atom is -0.268 e. The van der Waals surface area contributed by atoms with Crippen molar-refractivity contribution < 1.29 is 0 Å². The lowest BCUT2D eigenvalue weighted by Gasteiger charge is -2.09. The Balaban J connectivity index is 1.71. The average Bonchev–Trinajstić information content (AvgIpc) is 3.14. The third-order valence-electron chi connectivity index (χ3n) is 5.80. The van der Waals surface area contributed by atoms with Gasteiger partial charge in [0.25, 0.3) is 5.56 Å². The van der Waals surface area contributed by atoms with Crippen molar-refractivity contribution in [3.05, 3.63) is 106 Å². The minimum absolute atomic E-state index is 0.201. The van der Waals surface area contributed by atoms with Crippen molar-refractivity contribution in [3.8, 4) is 5.69 Å². The summed E-state index contributed by atoms with van der Waals surface area (Å²) in [7, 11) is 0. The Bertz CT molecular complexity index is 1800. The molecule has 6 aromatic rings. The Hall–Kier alpha value is -4.65. The molecule has 0 aliphatic carbocycles. The molecule has 0 unspecified atom stereocenters. The number of aromatic nitrogens is 5. The van der Waals surface area contributed by atoms with E-state index in [-0.39, 0.29) is 5.56 Å². The van der Waals surface area contributed by atoms with Crippen molar-refractivity contribution in [2.45, 2.75) is 13.8 Å². The Labute approximate surface area is 194 Å². The van der Waals surface area contributed by atoms with Crippen LogP contribution in [-0.4, -0.2) is 30.4 Å². The molecule has 0 bridgehead atoms. The number of rotatable bonds is 3. The van der Waals surface area contributed by atoms with Gasteiger partial charge in [-0.25, -0.2) is 15.0 Å². The number of hydrogen-bond donors (Lipinski definition) is 0. The highest BCUT2D eigenvalue weighted by Crippen LogP contribution is 2.26. The van der Waals surface area contributed by atoms with Crippen molar-refractivity contribution in [2.75, 3.05) is 0 Å². The smallest absolute Gasteiger partial charge is 0.268 e. The number of aryl methyl sites for hydroxylation is 2. The molecule has 3 aromatic heterocycles. The SMILES string of the molecule is Cc1cccc(/C=N/n2c3nc4ccccc4nc3c3c(=O)n(-c4ccccc4)c(C)nc32)c1. The van der Waals surface area contributed by atoms with Gasteiger partial charge in [0.1, 0.15) is 16.7 Å². The largest absolute Gasteiger partial charge is 0.269 e. The van der Waals surface area contributed by atoms with Gasteiger partial charge >= 0.3 is 0 Å². The molecule has 3 heterocycles. The predicted octanol–water partition coefficient (Wildman–Crippen LogP) is 4.78. The summed E-state index contributed by atoms with van der Waals surface area (Å²) in [5.41, 5.74) is 5.47. The Morgan fingerprint density at radius 3 is 2.29 bits per heavy atom. The molecule has 0 aliphatic heterocycles. The molecule has 6 rings (SSSR count). The summed E-state index contributed by atoms with van der Waals surface area (Å²) in [5.74, 6) is 0.558. The Morgan fingerprint density at radius 2 is 1.53 bits per heavy atom. The molecule has 0 radical (unpaired) electrons. The third-order valence-corrected chi connectivity index (χ3v) is 5.80. The summed E-state index contributed by atoms with van der Waals surface area (Å²) >= 11 is 0. The van der Waals surface area contributed by atoms with Gasteiger partial charge in [0.05, 0.1) is 22.9 Å². The van der Waals surface area contributed by atoms with Gasteiger partial charge in [0.15, 0.2) is 11.3 Å². The number of para-hydroxylation sites is 3. The maximum atomic E-state index is 13.8. The van der Waals surface area contributed by atoms with E-state index in [1.807, 2.05) is 92.7 Å². The summed E-state index contributed by atoms with van der Waals surface area (Å²) in [5, 5.41) is 5.10. The zero-order chi connectivity index (χ0) is 23.2. The molecule has 0 fully saturated rings. The van der Waals surface area contributed by atoms with E-state index < -0.39 is 0 Å². The van der Waals surface area contributed by atoms with E-state index >= 15 is 0 Å². The van der Waals surface area contributed by atoms with Crippen LogP contribution in [0.4, 0.5) is 0 Å². The van der Waals surface area contributed by atoms with Crippen LogP contribution < -0.4 is 5.56 Å². The minimum atomic E-state index is -0.201. The topological polar surface area (TPSA) is 78.0 Å². The van der Waals surface area contributed by atoms with Crippen LogP contribution in [0.3, 0.4) is 0 Å². The normalized spacial score (nSPS) is 11.8. The zero-order valence-corrected chi connectivity index (χ0v) is 18.7. The first-order valence-corrected chi connectivity index (χ1v) is 11.0. The first-order valence-electron chi connectivity index (χ1n) is 11.0. The maximum Gasteiger partial charge on any atom is 0.269 e. The highest BCUT2D eigenvalue weighted by atomic mass is 16.1. The third kappa shape index (κ3) is 3.17. The van der Waals surface area contributed by atoms with Gasteiger partial charge in [-0.15, -0.1) is 0 Å². The van der Waals surface area contributed by atoms with Crippen LogP contribution in [0.15, 0.2) is 88.8 Å². The number of fused-ring (bicyclic) bond motifs is 4. The van der Waals surface area contributed by atoms with E-state index in [4.69, 9.17) is 20.1 Å². The van der Waals surface area contributed by atoms with E-state index in [2.05, 4.69) is 0 Å². The summed E-state index contributed by atoms with van der Waals surface area (Å²) in [4.78, 5) is 28.3. The van der Waals surface area contributed by atoms with Gasteiger partial charge in [-0.05, 0) is 43.7 Å². The van der Waals surface area contributed by atoms with E-state index in [9.17, 15) is 4.79 Å². The summed E-state index contributed by atoms with van der Waals surface area (Å²) in [6, 6.07) is 25.1. The van der Waals surface area contributed by atoms with Crippen LogP contribution >= 0.6 is 0 Å². The molecule has 0 atom stereocenters. The van der Waals surface area contributed by atoms with Crippen LogP contribution in [0.5, 0.6) is 0 Å². The van der Waals surface area contributed by atoms with Crippen LogP contribution in [0.1, 0.15) is 17.0 Å². The van der Waals surface area contributed by atoms with Crippen molar-refractivity contribution in [1.82, 2.24) is 24.2 Å². The molecule has 0 N–H and O–H groups in total. The molecule has 7 nitrogen and oxygen atoms in total. The quantitative estimate of drug-likeness (QED) is 0.368. The first kappa shape index (κ1) is 20.0. The van der Waals surface area contributed by atoms with Crippen molar-refractivity contribution in [2.24, 2.45) is 5.10 Å². The fourth-order valence-electron chi connectivity index (χ4n) is 4.25. The molecule has 7 heteroatoms. The van der Waals surface area contributed by atoms with E-state index in [1.54, 1.807) is 15.5 Å². The number of nitrogens with zero attached hydrogens (tertiary/aromatic N) is 6. The summed E-state index contributed by atoms with van der Waals surface area (Å²) in [6.45, 7) is 3.85. The van der Waals surface area contributed by atoms with Crippen LogP contribution in [0, 0.1) is 13.8 Å². The van der Waals surface area contributed by atoms with Crippen LogP contribution in [0.25, 0.3) is 38.9 Å². The Kier molecular flexibility index (Phi) is 4.55. The van der Waals surface area contributed by atoms with E-state index in [0.29, 0.717) is 33.5 Å². The zero-order valence-electron chi connectivity index (χ0n) is 18.7. The lowest BCUT2D eigenvalue weighted by molar-refractivity contribution is 0.865. The van der Waals surface area contributed by atoms with Gasteiger partial charge in [0.2, 0.25) is 0 Å². The highest BCUT2D eigenvalue weighted by molar-refractivity contribution is 6.05. The second-order valence-corrected chi connectivity index (χ2v) is 8.19. The maximum absolute atomic E-state index is 13.8. The molecule has 0 saturated carbocycles. The molecule has 0 saturated heterocycles. The molecular formula is C27H20N6O. The molecular weight excluding hydrogens is 424 g/mol. The van der Waals surface area contributed by atoms with Gasteiger partial charge in [0, 0.05) is 0 Å². The number of hydrogen-bond acceptors (Lipinski definition) is 5. The average molecular weight is 444 g/mol.